The molecule has 0 saturated carbocycles. The van der Waals surface area contributed by atoms with E-state index in [-0.39, 0.29) is 17.1 Å². The fraction of sp³-hybridized carbons (Fsp3) is 0.0667. The summed E-state index contributed by atoms with van der Waals surface area (Å²) >= 11 is 0. The molecular formula is C15H14N2O3. The minimum atomic E-state index is -0.519. The van der Waals surface area contributed by atoms with E-state index in [1.54, 1.807) is 24.3 Å². The number of amides is 1. The highest BCUT2D eigenvalue weighted by Gasteiger charge is 2.09. The zero-order chi connectivity index (χ0) is 14.5. The van der Waals surface area contributed by atoms with Crippen LogP contribution in [-0.4, -0.2) is 22.3 Å². The molecule has 0 aliphatic carbocycles. The van der Waals surface area contributed by atoms with Gasteiger partial charge in [-0.05, 0) is 36.8 Å². The molecule has 3 N–H and O–H groups in total. The molecule has 0 saturated heterocycles. The summed E-state index contributed by atoms with van der Waals surface area (Å²) in [5.74, 6) is -0.543. The summed E-state index contributed by atoms with van der Waals surface area (Å²) in [4.78, 5) is 11.8. The van der Waals surface area contributed by atoms with Crippen molar-refractivity contribution in [2.75, 3.05) is 0 Å². The van der Waals surface area contributed by atoms with Gasteiger partial charge in [0.25, 0.3) is 5.91 Å². The Kier molecular flexibility index (Phi) is 4.00. The second-order valence-electron chi connectivity index (χ2n) is 4.28. The van der Waals surface area contributed by atoms with Crippen molar-refractivity contribution in [3.63, 3.8) is 0 Å². The normalized spacial score (nSPS) is 10.7. The first kappa shape index (κ1) is 13.6. The molecular weight excluding hydrogens is 256 g/mol. The summed E-state index contributed by atoms with van der Waals surface area (Å²) in [6.45, 7) is 1.82. The fourth-order valence-corrected chi connectivity index (χ4v) is 1.65. The highest BCUT2D eigenvalue weighted by Crippen LogP contribution is 2.18. The second-order valence-corrected chi connectivity index (χ2v) is 4.28. The van der Waals surface area contributed by atoms with Gasteiger partial charge in [-0.3, -0.25) is 4.79 Å². The molecule has 0 fully saturated rings. The van der Waals surface area contributed by atoms with E-state index < -0.39 is 5.91 Å². The van der Waals surface area contributed by atoms with Gasteiger partial charge in [0.1, 0.15) is 11.5 Å². The topological polar surface area (TPSA) is 81.9 Å². The number of carbonyl (C=O) groups excluding carboxylic acids is 1. The molecule has 1 amide bonds. The molecule has 0 aliphatic rings. The molecule has 0 unspecified atom stereocenters. The van der Waals surface area contributed by atoms with Crippen LogP contribution in [0, 0.1) is 6.92 Å². The molecule has 2 aromatic carbocycles. The monoisotopic (exact) mass is 270 g/mol. The summed E-state index contributed by atoms with van der Waals surface area (Å²) < 4.78 is 0. The molecule has 0 atom stereocenters. The quantitative estimate of drug-likeness (QED) is 0.590. The van der Waals surface area contributed by atoms with E-state index in [0.717, 1.165) is 5.56 Å². The Morgan fingerprint density at radius 3 is 2.60 bits per heavy atom. The maximum atomic E-state index is 11.8. The molecule has 0 spiro atoms. The Hall–Kier alpha value is -2.82. The van der Waals surface area contributed by atoms with Gasteiger partial charge in [0, 0.05) is 5.56 Å². The van der Waals surface area contributed by atoms with Gasteiger partial charge in [-0.2, -0.15) is 5.10 Å². The lowest BCUT2D eigenvalue weighted by atomic mass is 10.1. The first-order valence-electron chi connectivity index (χ1n) is 5.99. The van der Waals surface area contributed by atoms with E-state index in [1.165, 1.54) is 24.4 Å². The summed E-state index contributed by atoms with van der Waals surface area (Å²) in [5.41, 5.74) is 3.78. The standard InChI is InChI=1S/C15H14N2O3/c1-10-6-7-12(14(19)8-10)15(20)17-16-9-11-4-2-3-5-13(11)18/h2-9,18-19H,1H3,(H,17,20)/b16-9+. The number of nitrogens with zero attached hydrogens (tertiary/aromatic N) is 1. The third-order valence-electron chi connectivity index (χ3n) is 2.70. The average Bonchev–Trinajstić information content (AvgIpc) is 2.40. The van der Waals surface area contributed by atoms with Crippen molar-refractivity contribution in [2.45, 2.75) is 6.92 Å². The van der Waals surface area contributed by atoms with Gasteiger partial charge < -0.3 is 10.2 Å². The Morgan fingerprint density at radius 2 is 1.90 bits per heavy atom. The van der Waals surface area contributed by atoms with Crippen LogP contribution in [0.5, 0.6) is 11.5 Å². The number of benzene rings is 2. The molecule has 0 heterocycles. The maximum Gasteiger partial charge on any atom is 0.275 e. The third kappa shape index (κ3) is 3.14. The number of hydrazone groups is 1. The molecule has 102 valence electrons. The van der Waals surface area contributed by atoms with Crippen molar-refractivity contribution in [1.82, 2.24) is 5.43 Å². The number of phenols is 2. The van der Waals surface area contributed by atoms with Crippen LogP contribution in [0.15, 0.2) is 47.6 Å². The largest absolute Gasteiger partial charge is 0.507 e. The third-order valence-corrected chi connectivity index (χ3v) is 2.70. The van der Waals surface area contributed by atoms with Crippen molar-refractivity contribution < 1.29 is 15.0 Å². The van der Waals surface area contributed by atoms with Crippen LogP contribution in [0.4, 0.5) is 0 Å². The maximum absolute atomic E-state index is 11.8. The van der Waals surface area contributed by atoms with E-state index in [4.69, 9.17) is 0 Å². The molecule has 20 heavy (non-hydrogen) atoms. The second kappa shape index (κ2) is 5.88. The van der Waals surface area contributed by atoms with E-state index in [9.17, 15) is 15.0 Å². The number of rotatable bonds is 3. The minimum absolute atomic E-state index is 0.0729. The number of hydrogen-bond acceptors (Lipinski definition) is 4. The molecule has 2 aromatic rings. The number of nitrogens with one attached hydrogen (secondary N) is 1. The zero-order valence-electron chi connectivity index (χ0n) is 10.9. The summed E-state index contributed by atoms with van der Waals surface area (Å²) in [6, 6.07) is 11.4. The number of phenolic OH excluding ortho intramolecular Hbond substituents is 2. The van der Waals surface area contributed by atoms with Crippen molar-refractivity contribution >= 4 is 12.1 Å². The van der Waals surface area contributed by atoms with Gasteiger partial charge in [0.15, 0.2) is 0 Å². The van der Waals surface area contributed by atoms with Gasteiger partial charge in [-0.15, -0.1) is 0 Å². The lowest BCUT2D eigenvalue weighted by Crippen LogP contribution is -2.17. The zero-order valence-corrected chi connectivity index (χ0v) is 10.9. The van der Waals surface area contributed by atoms with Crippen LogP contribution < -0.4 is 5.43 Å². The Labute approximate surface area is 116 Å². The predicted molar refractivity (Wildman–Crippen MR) is 76.0 cm³/mol. The minimum Gasteiger partial charge on any atom is -0.507 e. The van der Waals surface area contributed by atoms with Gasteiger partial charge in [0.05, 0.1) is 11.8 Å². The first-order valence-corrected chi connectivity index (χ1v) is 5.99. The fourth-order valence-electron chi connectivity index (χ4n) is 1.65. The molecule has 5 heteroatoms. The molecule has 0 bridgehead atoms. The number of carbonyl (C=O) groups is 1. The van der Waals surface area contributed by atoms with Crippen LogP contribution >= 0.6 is 0 Å². The molecule has 0 aliphatic heterocycles. The highest BCUT2D eigenvalue weighted by molar-refractivity contribution is 5.97. The first-order chi connectivity index (χ1) is 9.58. The number of aryl methyl sites for hydroxylation is 1. The van der Waals surface area contributed by atoms with Crippen LogP contribution in [0.3, 0.4) is 0 Å². The smallest absolute Gasteiger partial charge is 0.275 e. The van der Waals surface area contributed by atoms with Crippen LogP contribution in [0.2, 0.25) is 0 Å². The van der Waals surface area contributed by atoms with Crippen molar-refractivity contribution in [1.29, 1.82) is 0 Å². The molecule has 2 rings (SSSR count). The average molecular weight is 270 g/mol. The summed E-state index contributed by atoms with van der Waals surface area (Å²) in [5, 5.41) is 22.9. The van der Waals surface area contributed by atoms with E-state index in [2.05, 4.69) is 10.5 Å². The van der Waals surface area contributed by atoms with Crippen LogP contribution in [0.1, 0.15) is 21.5 Å². The molecule has 0 aromatic heterocycles. The summed E-state index contributed by atoms with van der Waals surface area (Å²) in [6.07, 6.45) is 1.33. The number of hydrogen-bond donors (Lipinski definition) is 3. The lowest BCUT2D eigenvalue weighted by Gasteiger charge is -2.03. The van der Waals surface area contributed by atoms with Crippen LogP contribution in [0.25, 0.3) is 0 Å². The van der Waals surface area contributed by atoms with Crippen molar-refractivity contribution in [2.24, 2.45) is 5.10 Å². The highest BCUT2D eigenvalue weighted by atomic mass is 16.3. The Bertz CT molecular complexity index is 666. The molecule has 5 nitrogen and oxygen atoms in total. The Morgan fingerprint density at radius 1 is 1.15 bits per heavy atom. The number of aromatic hydroxyl groups is 2. The Balaban J connectivity index is 2.07. The van der Waals surface area contributed by atoms with Gasteiger partial charge in [0.2, 0.25) is 0 Å². The lowest BCUT2D eigenvalue weighted by molar-refractivity contribution is 0.0952. The van der Waals surface area contributed by atoms with Crippen molar-refractivity contribution in [3.8, 4) is 11.5 Å². The summed E-state index contributed by atoms with van der Waals surface area (Å²) in [7, 11) is 0. The van der Waals surface area contributed by atoms with Gasteiger partial charge in [-0.25, -0.2) is 5.43 Å². The van der Waals surface area contributed by atoms with Crippen LogP contribution in [-0.2, 0) is 0 Å². The van der Waals surface area contributed by atoms with Gasteiger partial charge in [-0.1, -0.05) is 18.2 Å². The number of para-hydroxylation sites is 1. The predicted octanol–water partition coefficient (Wildman–Crippen LogP) is 2.17. The van der Waals surface area contributed by atoms with E-state index in [1.807, 2.05) is 6.92 Å². The van der Waals surface area contributed by atoms with Gasteiger partial charge >= 0.3 is 0 Å². The SMILES string of the molecule is Cc1ccc(C(=O)N/N=C/c2ccccc2O)c(O)c1. The molecule has 0 radical (unpaired) electrons. The van der Waals surface area contributed by atoms with E-state index >= 15 is 0 Å². The van der Waals surface area contributed by atoms with Crippen molar-refractivity contribution in [3.05, 3.63) is 59.2 Å². The van der Waals surface area contributed by atoms with E-state index in [0.29, 0.717) is 5.56 Å².